The smallest absolute Gasteiger partial charge is 0.191 e. The Kier molecular flexibility index (Phi) is 6.37. The Morgan fingerprint density at radius 1 is 1.28 bits per heavy atom. The van der Waals surface area contributed by atoms with Gasteiger partial charge in [-0.05, 0) is 32.4 Å². The molecule has 2 heterocycles. The Morgan fingerprint density at radius 3 is 2.84 bits per heavy atom. The highest BCUT2D eigenvalue weighted by Gasteiger charge is 2.29. The van der Waals surface area contributed by atoms with Crippen molar-refractivity contribution in [3.63, 3.8) is 0 Å². The number of hydrogen-bond donors (Lipinski definition) is 2. The van der Waals surface area contributed by atoms with E-state index in [1.54, 1.807) is 11.3 Å². The second kappa shape index (κ2) is 8.72. The Morgan fingerprint density at radius 2 is 2.12 bits per heavy atom. The number of rotatable bonds is 6. The highest BCUT2D eigenvalue weighted by Crippen LogP contribution is 2.36. The molecule has 25 heavy (non-hydrogen) atoms. The van der Waals surface area contributed by atoms with Gasteiger partial charge in [0.05, 0.1) is 12.2 Å². The molecule has 0 aliphatic carbocycles. The Labute approximate surface area is 158 Å². The van der Waals surface area contributed by atoms with Gasteiger partial charge in [0, 0.05) is 28.8 Å². The lowest BCUT2D eigenvalue weighted by Gasteiger charge is -2.24. The summed E-state index contributed by atoms with van der Waals surface area (Å²) in [6.07, 6.45) is 2.59. The summed E-state index contributed by atoms with van der Waals surface area (Å²) in [5.41, 5.74) is 2.19. The van der Waals surface area contributed by atoms with Gasteiger partial charge >= 0.3 is 0 Å². The minimum atomic E-state index is 0.331. The predicted molar refractivity (Wildman–Crippen MR) is 110 cm³/mol. The maximum atomic E-state index is 4.72. The van der Waals surface area contributed by atoms with E-state index in [-0.39, 0.29) is 0 Å². The quantitative estimate of drug-likeness (QED) is 0.589. The van der Waals surface area contributed by atoms with Crippen LogP contribution in [0.15, 0.2) is 40.7 Å². The molecule has 2 aromatic rings. The Bertz CT molecular complexity index is 690. The van der Waals surface area contributed by atoms with Crippen LogP contribution >= 0.6 is 23.1 Å². The fourth-order valence-corrected chi connectivity index (χ4v) is 4.83. The van der Waals surface area contributed by atoms with E-state index in [4.69, 9.17) is 9.98 Å². The molecular formula is C19H26N4S2. The number of thiazole rings is 1. The van der Waals surface area contributed by atoms with Crippen molar-refractivity contribution in [2.24, 2.45) is 4.99 Å². The third-order valence-electron chi connectivity index (χ3n) is 4.27. The third-order valence-corrected chi connectivity index (χ3v) is 6.64. The molecule has 1 aliphatic rings. The summed E-state index contributed by atoms with van der Waals surface area (Å²) in [6, 6.07) is 10.3. The van der Waals surface area contributed by atoms with E-state index in [1.165, 1.54) is 18.6 Å². The first kappa shape index (κ1) is 18.3. The number of nitrogens with one attached hydrogen (secondary N) is 2. The van der Waals surface area contributed by atoms with Gasteiger partial charge in [0.25, 0.3) is 0 Å². The summed E-state index contributed by atoms with van der Waals surface area (Å²) in [4.78, 5) is 9.43. The van der Waals surface area contributed by atoms with Crippen LogP contribution in [-0.2, 0) is 6.54 Å². The highest BCUT2D eigenvalue weighted by atomic mass is 32.2. The van der Waals surface area contributed by atoms with Crippen LogP contribution in [0.5, 0.6) is 0 Å². The van der Waals surface area contributed by atoms with Crippen LogP contribution in [0.25, 0.3) is 11.3 Å². The van der Waals surface area contributed by atoms with Gasteiger partial charge in [-0.1, -0.05) is 30.3 Å². The van der Waals surface area contributed by atoms with E-state index in [0.29, 0.717) is 11.3 Å². The van der Waals surface area contributed by atoms with Crippen LogP contribution < -0.4 is 10.6 Å². The van der Waals surface area contributed by atoms with Gasteiger partial charge in [-0.3, -0.25) is 0 Å². The molecule has 2 N–H and O–H groups in total. The maximum Gasteiger partial charge on any atom is 0.191 e. The summed E-state index contributed by atoms with van der Waals surface area (Å²) in [5.74, 6) is 2.15. The second-order valence-corrected chi connectivity index (χ2v) is 9.07. The zero-order chi connectivity index (χ0) is 17.5. The van der Waals surface area contributed by atoms with Crippen molar-refractivity contribution in [3.8, 4) is 11.3 Å². The van der Waals surface area contributed by atoms with Crippen molar-refractivity contribution in [1.29, 1.82) is 0 Å². The Hall–Kier alpha value is -1.53. The number of hydrogen-bond acceptors (Lipinski definition) is 4. The number of benzene rings is 1. The number of nitrogens with zero attached hydrogens (tertiary/aromatic N) is 2. The van der Waals surface area contributed by atoms with Crippen LogP contribution in [0.1, 0.15) is 31.7 Å². The minimum Gasteiger partial charge on any atom is -0.357 e. The average molecular weight is 375 g/mol. The first-order chi connectivity index (χ1) is 12.2. The molecule has 1 aliphatic heterocycles. The van der Waals surface area contributed by atoms with E-state index < -0.39 is 0 Å². The van der Waals surface area contributed by atoms with Crippen LogP contribution in [0.4, 0.5) is 0 Å². The summed E-state index contributed by atoms with van der Waals surface area (Å²) in [7, 11) is 0. The molecule has 0 spiro atoms. The van der Waals surface area contributed by atoms with Crippen LogP contribution in [0.2, 0.25) is 0 Å². The normalized spacial score (nSPS) is 20.6. The van der Waals surface area contributed by atoms with Crippen LogP contribution in [0, 0.1) is 0 Å². The fraction of sp³-hybridized carbons (Fsp3) is 0.474. The number of aliphatic imine (C=N–C) groups is 1. The Balaban J connectivity index is 1.60. The lowest BCUT2D eigenvalue weighted by atomic mass is 10.1. The van der Waals surface area contributed by atoms with Gasteiger partial charge in [0.2, 0.25) is 0 Å². The molecule has 0 radical (unpaired) electrons. The van der Waals surface area contributed by atoms with Gasteiger partial charge in [-0.15, -0.1) is 11.3 Å². The van der Waals surface area contributed by atoms with E-state index in [9.17, 15) is 0 Å². The molecule has 1 saturated heterocycles. The summed E-state index contributed by atoms with van der Waals surface area (Å²) in [6.45, 7) is 6.87. The van der Waals surface area contributed by atoms with E-state index in [1.807, 2.05) is 18.2 Å². The van der Waals surface area contributed by atoms with E-state index in [2.05, 4.69) is 53.8 Å². The van der Waals surface area contributed by atoms with E-state index >= 15 is 0 Å². The standard InChI is InChI=1S/C19H26N4S2/c1-3-20-18(22-14-19(2)10-7-11-25-19)21-12-17-23-16(13-24-17)15-8-5-4-6-9-15/h4-6,8-9,13H,3,7,10-12,14H2,1-2H3,(H2,20,21,22). The minimum absolute atomic E-state index is 0.331. The van der Waals surface area contributed by atoms with Gasteiger partial charge in [-0.2, -0.15) is 11.8 Å². The maximum absolute atomic E-state index is 4.72. The molecule has 1 aromatic heterocycles. The van der Waals surface area contributed by atoms with Gasteiger partial charge in [-0.25, -0.2) is 9.98 Å². The molecule has 0 saturated carbocycles. The lowest BCUT2D eigenvalue weighted by Crippen LogP contribution is -2.43. The fourth-order valence-electron chi connectivity index (χ4n) is 2.86. The van der Waals surface area contributed by atoms with Crippen LogP contribution in [0.3, 0.4) is 0 Å². The molecule has 1 aromatic carbocycles. The molecule has 3 rings (SSSR count). The van der Waals surface area contributed by atoms with Crippen molar-refractivity contribution in [2.75, 3.05) is 18.8 Å². The number of aromatic nitrogens is 1. The molecular weight excluding hydrogens is 348 g/mol. The molecule has 134 valence electrons. The monoisotopic (exact) mass is 374 g/mol. The molecule has 0 amide bonds. The SMILES string of the molecule is CCNC(=NCc1nc(-c2ccccc2)cs1)NCC1(C)CCCS1. The molecule has 4 nitrogen and oxygen atoms in total. The summed E-state index contributed by atoms with van der Waals surface area (Å²) in [5, 5.41) is 9.99. The summed E-state index contributed by atoms with van der Waals surface area (Å²) >= 11 is 3.73. The first-order valence-corrected chi connectivity index (χ1v) is 10.7. The zero-order valence-corrected chi connectivity index (χ0v) is 16.6. The van der Waals surface area contributed by atoms with Crippen molar-refractivity contribution >= 4 is 29.1 Å². The topological polar surface area (TPSA) is 49.3 Å². The first-order valence-electron chi connectivity index (χ1n) is 8.84. The van der Waals surface area contributed by atoms with Crippen molar-refractivity contribution < 1.29 is 0 Å². The number of thioether (sulfide) groups is 1. The van der Waals surface area contributed by atoms with Crippen molar-refractivity contribution in [2.45, 2.75) is 38.0 Å². The third kappa shape index (κ3) is 5.22. The van der Waals surface area contributed by atoms with Crippen LogP contribution in [-0.4, -0.2) is 34.5 Å². The highest BCUT2D eigenvalue weighted by molar-refractivity contribution is 8.00. The van der Waals surface area contributed by atoms with Crippen molar-refractivity contribution in [3.05, 3.63) is 40.7 Å². The van der Waals surface area contributed by atoms with Gasteiger partial charge in [0.15, 0.2) is 5.96 Å². The second-order valence-electron chi connectivity index (χ2n) is 6.44. The van der Waals surface area contributed by atoms with Crippen molar-refractivity contribution in [1.82, 2.24) is 15.6 Å². The van der Waals surface area contributed by atoms with Gasteiger partial charge < -0.3 is 10.6 Å². The lowest BCUT2D eigenvalue weighted by molar-refractivity contribution is 0.584. The van der Waals surface area contributed by atoms with Gasteiger partial charge in [0.1, 0.15) is 5.01 Å². The average Bonchev–Trinajstić information content (AvgIpc) is 3.28. The summed E-state index contributed by atoms with van der Waals surface area (Å²) < 4.78 is 0.331. The predicted octanol–water partition coefficient (Wildman–Crippen LogP) is 4.15. The molecule has 0 bridgehead atoms. The molecule has 1 atom stereocenters. The van der Waals surface area contributed by atoms with E-state index in [0.717, 1.165) is 35.3 Å². The molecule has 6 heteroatoms. The largest absolute Gasteiger partial charge is 0.357 e. The zero-order valence-electron chi connectivity index (χ0n) is 14.9. The molecule has 1 fully saturated rings. The molecule has 1 unspecified atom stereocenters. The number of guanidine groups is 1.